The quantitative estimate of drug-likeness (QED) is 0.526. The van der Waals surface area contributed by atoms with Crippen molar-refractivity contribution in [3.8, 4) is 0 Å². The van der Waals surface area contributed by atoms with Gasteiger partial charge in [-0.25, -0.2) is 0 Å². The summed E-state index contributed by atoms with van der Waals surface area (Å²) in [5.41, 5.74) is 2.39. The van der Waals surface area contributed by atoms with Crippen LogP contribution in [-0.2, 0) is 13.1 Å². The first-order valence-corrected chi connectivity index (χ1v) is 9.75. The highest BCUT2D eigenvalue weighted by Gasteiger charge is 2.12. The zero-order chi connectivity index (χ0) is 19.6. The minimum Gasteiger partial charge on any atom is -0.355 e. The first kappa shape index (κ1) is 21.0. The Morgan fingerprint density at radius 3 is 2.41 bits per heavy atom. The molecule has 0 amide bonds. The van der Waals surface area contributed by atoms with Crippen LogP contribution in [0.25, 0.3) is 0 Å². The lowest BCUT2D eigenvalue weighted by molar-refractivity contribution is 0.178. The predicted octanol–water partition coefficient (Wildman–Crippen LogP) is 2.72. The lowest BCUT2D eigenvalue weighted by Crippen LogP contribution is -2.45. The van der Waals surface area contributed by atoms with E-state index in [0.29, 0.717) is 18.6 Å². The van der Waals surface area contributed by atoms with Gasteiger partial charge in [0.15, 0.2) is 5.96 Å². The molecule has 6 nitrogen and oxygen atoms in total. The van der Waals surface area contributed by atoms with E-state index in [1.165, 1.54) is 5.56 Å². The first-order chi connectivity index (χ1) is 13.0. The van der Waals surface area contributed by atoms with Crippen molar-refractivity contribution in [2.75, 3.05) is 20.1 Å². The number of benzene rings is 1. The van der Waals surface area contributed by atoms with Gasteiger partial charge in [0.2, 0.25) is 0 Å². The van der Waals surface area contributed by atoms with Crippen molar-refractivity contribution in [2.24, 2.45) is 4.99 Å². The monoisotopic (exact) mass is 370 g/mol. The zero-order valence-electron chi connectivity index (χ0n) is 17.3. The molecule has 2 rings (SSSR count). The molecule has 148 valence electrons. The number of nitrogens with zero attached hydrogens (tertiary/aromatic N) is 4. The van der Waals surface area contributed by atoms with E-state index < -0.39 is 0 Å². The molecule has 0 aliphatic rings. The zero-order valence-corrected chi connectivity index (χ0v) is 17.3. The Morgan fingerprint density at radius 2 is 1.78 bits per heavy atom. The third-order valence-electron chi connectivity index (χ3n) is 4.55. The molecule has 0 unspecified atom stereocenters. The van der Waals surface area contributed by atoms with Crippen LogP contribution >= 0.6 is 0 Å². The molecule has 27 heavy (non-hydrogen) atoms. The molecule has 6 heteroatoms. The van der Waals surface area contributed by atoms with E-state index >= 15 is 0 Å². The molecule has 0 fully saturated rings. The van der Waals surface area contributed by atoms with Gasteiger partial charge >= 0.3 is 0 Å². The number of guanidine groups is 1. The summed E-state index contributed by atoms with van der Waals surface area (Å²) in [5, 5.41) is 11.2. The van der Waals surface area contributed by atoms with Gasteiger partial charge in [0.05, 0.1) is 12.7 Å². The summed E-state index contributed by atoms with van der Waals surface area (Å²) in [6.07, 6.45) is 3.98. The molecule has 0 atom stereocenters. The maximum Gasteiger partial charge on any atom is 0.191 e. The molecule has 0 spiro atoms. The molecule has 0 aliphatic heterocycles. The molecular formula is C21H34N6. The van der Waals surface area contributed by atoms with Crippen molar-refractivity contribution in [1.29, 1.82) is 0 Å². The summed E-state index contributed by atoms with van der Waals surface area (Å²) in [5.74, 6) is 0.818. The maximum atomic E-state index is 4.45. The number of hydrogen-bond acceptors (Lipinski definition) is 3. The molecule has 0 saturated carbocycles. The van der Waals surface area contributed by atoms with Crippen molar-refractivity contribution in [2.45, 2.75) is 52.9 Å². The van der Waals surface area contributed by atoms with Gasteiger partial charge in [-0.1, -0.05) is 30.3 Å². The van der Waals surface area contributed by atoms with Gasteiger partial charge in [-0.15, -0.1) is 0 Å². The Kier molecular flexibility index (Phi) is 8.33. The smallest absolute Gasteiger partial charge is 0.191 e. The molecule has 0 saturated heterocycles. The Morgan fingerprint density at radius 1 is 1.07 bits per heavy atom. The highest BCUT2D eigenvalue weighted by molar-refractivity contribution is 5.79. The van der Waals surface area contributed by atoms with Crippen LogP contribution in [0.3, 0.4) is 0 Å². The van der Waals surface area contributed by atoms with Crippen LogP contribution in [0.15, 0.2) is 47.7 Å². The second-order valence-corrected chi connectivity index (χ2v) is 7.31. The van der Waals surface area contributed by atoms with Crippen LogP contribution in [-0.4, -0.2) is 52.9 Å². The van der Waals surface area contributed by atoms with Gasteiger partial charge in [0.1, 0.15) is 0 Å². The van der Waals surface area contributed by atoms with Gasteiger partial charge in [0.25, 0.3) is 0 Å². The second-order valence-electron chi connectivity index (χ2n) is 7.31. The van der Waals surface area contributed by atoms with Crippen LogP contribution in [0.2, 0.25) is 0 Å². The number of aliphatic imine (C=N–C) groups is 1. The van der Waals surface area contributed by atoms with Gasteiger partial charge in [-0.3, -0.25) is 14.6 Å². The summed E-state index contributed by atoms with van der Waals surface area (Å²) in [4.78, 5) is 6.78. The van der Waals surface area contributed by atoms with Gasteiger partial charge < -0.3 is 10.6 Å². The predicted molar refractivity (Wildman–Crippen MR) is 113 cm³/mol. The molecule has 0 radical (unpaired) electrons. The fourth-order valence-corrected chi connectivity index (χ4v) is 3.18. The molecular weight excluding hydrogens is 336 g/mol. The number of hydrogen-bond donors (Lipinski definition) is 2. The molecule has 2 N–H and O–H groups in total. The standard InChI is InChI=1S/C21H34N6/c1-17(2)27(18(3)4)12-11-23-21(22-5)24-13-20-14-25-26(16-20)15-19-9-7-6-8-10-19/h6-10,14,16-18H,11-13,15H2,1-5H3,(H2,22,23,24). The van der Waals surface area contributed by atoms with Gasteiger partial charge in [0, 0.05) is 50.5 Å². The SMILES string of the molecule is CN=C(NCCN(C(C)C)C(C)C)NCc1cnn(Cc2ccccc2)c1. The molecule has 1 aromatic carbocycles. The fraction of sp³-hybridized carbons (Fsp3) is 0.524. The Labute approximate surface area is 163 Å². The molecule has 1 heterocycles. The van der Waals surface area contributed by atoms with E-state index in [4.69, 9.17) is 0 Å². The lowest BCUT2D eigenvalue weighted by Gasteiger charge is -2.30. The summed E-state index contributed by atoms with van der Waals surface area (Å²) in [6.45, 7) is 12.3. The number of nitrogens with one attached hydrogen (secondary N) is 2. The van der Waals surface area contributed by atoms with Gasteiger partial charge in [-0.2, -0.15) is 5.10 Å². The largest absolute Gasteiger partial charge is 0.355 e. The van der Waals surface area contributed by atoms with Crippen molar-refractivity contribution >= 4 is 5.96 Å². The van der Waals surface area contributed by atoms with E-state index in [9.17, 15) is 0 Å². The minimum absolute atomic E-state index is 0.539. The summed E-state index contributed by atoms with van der Waals surface area (Å²) >= 11 is 0. The average Bonchev–Trinajstić information content (AvgIpc) is 3.08. The maximum absolute atomic E-state index is 4.45. The van der Waals surface area contributed by atoms with Crippen molar-refractivity contribution in [1.82, 2.24) is 25.3 Å². The van der Waals surface area contributed by atoms with Crippen LogP contribution < -0.4 is 10.6 Å². The topological polar surface area (TPSA) is 57.5 Å². The van der Waals surface area contributed by atoms with E-state index in [2.05, 4.69) is 83.8 Å². The molecule has 1 aromatic heterocycles. The third kappa shape index (κ3) is 7.06. The van der Waals surface area contributed by atoms with E-state index in [0.717, 1.165) is 31.2 Å². The van der Waals surface area contributed by atoms with Crippen LogP contribution in [0.1, 0.15) is 38.8 Å². The average molecular weight is 371 g/mol. The third-order valence-corrected chi connectivity index (χ3v) is 4.55. The van der Waals surface area contributed by atoms with Gasteiger partial charge in [-0.05, 0) is 33.3 Å². The normalized spacial score (nSPS) is 12.2. The molecule has 0 bridgehead atoms. The van der Waals surface area contributed by atoms with E-state index in [1.807, 2.05) is 16.9 Å². The molecule has 0 aliphatic carbocycles. The van der Waals surface area contributed by atoms with Crippen LogP contribution in [0.5, 0.6) is 0 Å². The van der Waals surface area contributed by atoms with E-state index in [1.54, 1.807) is 7.05 Å². The summed E-state index contributed by atoms with van der Waals surface area (Å²) in [6, 6.07) is 11.4. The molecule has 2 aromatic rings. The van der Waals surface area contributed by atoms with Crippen molar-refractivity contribution in [3.05, 3.63) is 53.9 Å². The first-order valence-electron chi connectivity index (χ1n) is 9.75. The second kappa shape index (κ2) is 10.7. The summed E-state index contributed by atoms with van der Waals surface area (Å²) < 4.78 is 1.96. The van der Waals surface area contributed by atoms with Crippen molar-refractivity contribution < 1.29 is 0 Å². The highest BCUT2D eigenvalue weighted by atomic mass is 15.3. The Hall–Kier alpha value is -2.34. The summed E-state index contributed by atoms with van der Waals surface area (Å²) in [7, 11) is 1.80. The van der Waals surface area contributed by atoms with E-state index in [-0.39, 0.29) is 0 Å². The Bertz CT molecular complexity index is 682. The van der Waals surface area contributed by atoms with Crippen molar-refractivity contribution in [3.63, 3.8) is 0 Å². The fourth-order valence-electron chi connectivity index (χ4n) is 3.18. The highest BCUT2D eigenvalue weighted by Crippen LogP contribution is 2.04. The van der Waals surface area contributed by atoms with Crippen LogP contribution in [0.4, 0.5) is 0 Å². The lowest BCUT2D eigenvalue weighted by atomic mass is 10.2. The number of rotatable bonds is 9. The Balaban J connectivity index is 1.77. The van der Waals surface area contributed by atoms with Crippen LogP contribution in [0, 0.1) is 0 Å². The number of aromatic nitrogens is 2. The minimum atomic E-state index is 0.539.